The molecule has 1 aliphatic carbocycles. The van der Waals surface area contributed by atoms with E-state index in [-0.39, 0.29) is 47.9 Å². The van der Waals surface area contributed by atoms with Crippen LogP contribution < -0.4 is 10.6 Å². The molecule has 0 radical (unpaired) electrons. The highest BCUT2D eigenvalue weighted by molar-refractivity contribution is 7.10. The zero-order valence-electron chi connectivity index (χ0n) is 23.7. The average Bonchev–Trinajstić information content (AvgIpc) is 3.52. The Balaban J connectivity index is 1.86. The van der Waals surface area contributed by atoms with Crippen molar-refractivity contribution in [3.8, 4) is 0 Å². The van der Waals surface area contributed by atoms with Crippen LogP contribution in [-0.4, -0.2) is 30.9 Å². The summed E-state index contributed by atoms with van der Waals surface area (Å²) in [5.74, 6) is -6.91. The average molecular weight is 629 g/mol. The van der Waals surface area contributed by atoms with E-state index >= 15 is 0 Å². The van der Waals surface area contributed by atoms with E-state index in [1.165, 1.54) is 41.7 Å². The van der Waals surface area contributed by atoms with Gasteiger partial charge in [-0.1, -0.05) is 30.3 Å². The lowest BCUT2D eigenvalue weighted by Crippen LogP contribution is -2.46. The zero-order valence-corrected chi connectivity index (χ0v) is 24.5. The quantitative estimate of drug-likeness (QED) is 0.183. The van der Waals surface area contributed by atoms with Crippen molar-refractivity contribution in [2.45, 2.75) is 38.3 Å². The fraction of sp³-hybridized carbons (Fsp3) is 0.281. The second kappa shape index (κ2) is 12.3. The summed E-state index contributed by atoms with van der Waals surface area (Å²) >= 11 is 1.29. The lowest BCUT2D eigenvalue weighted by Gasteiger charge is -2.44. The monoisotopic (exact) mass is 628 g/mol. The van der Waals surface area contributed by atoms with Crippen LogP contribution in [0.1, 0.15) is 48.1 Å². The van der Waals surface area contributed by atoms with Crippen LogP contribution in [0, 0.1) is 11.7 Å². The number of ketones is 1. The molecule has 0 fully saturated rings. The maximum absolute atomic E-state index is 14.6. The van der Waals surface area contributed by atoms with Crippen molar-refractivity contribution in [3.05, 3.63) is 111 Å². The Bertz CT molecular complexity index is 1650. The molecule has 0 spiro atoms. The molecule has 5 rings (SSSR count). The van der Waals surface area contributed by atoms with Crippen LogP contribution in [-0.2, 0) is 30.0 Å². The van der Waals surface area contributed by atoms with Crippen molar-refractivity contribution in [2.75, 3.05) is 18.1 Å². The first kappa shape index (κ1) is 31.0. The van der Waals surface area contributed by atoms with Crippen molar-refractivity contribution >= 4 is 34.7 Å². The number of hydrogen-bond donors (Lipinski definition) is 1. The third kappa shape index (κ3) is 5.49. The third-order valence-electron chi connectivity index (χ3n) is 7.64. The zero-order chi connectivity index (χ0) is 31.8. The van der Waals surface area contributed by atoms with Gasteiger partial charge in [-0.2, -0.15) is 13.2 Å². The molecule has 3 unspecified atom stereocenters. The summed E-state index contributed by atoms with van der Waals surface area (Å²) < 4.78 is 67.8. The number of nitrogens with zero attached hydrogens (tertiary/aromatic N) is 1. The smallest absolute Gasteiger partial charge is 0.418 e. The summed E-state index contributed by atoms with van der Waals surface area (Å²) in [6.07, 6.45) is -4.92. The molecule has 2 aromatic carbocycles. The van der Waals surface area contributed by atoms with Crippen molar-refractivity contribution < 1.29 is 41.4 Å². The molecule has 2 aliphatic rings. The highest BCUT2D eigenvalue weighted by Crippen LogP contribution is 2.53. The second-order valence-electron chi connectivity index (χ2n) is 10.1. The fourth-order valence-electron chi connectivity index (χ4n) is 5.88. The number of para-hydroxylation sites is 1. The molecule has 230 valence electrons. The number of alkyl halides is 3. The van der Waals surface area contributed by atoms with E-state index in [2.05, 4.69) is 0 Å². The minimum absolute atomic E-state index is 0.0148. The third-order valence-corrected chi connectivity index (χ3v) is 8.64. The normalized spacial score (nSPS) is 20.5. The molecule has 12 heteroatoms. The summed E-state index contributed by atoms with van der Waals surface area (Å²) in [6.45, 7) is 3.02. The molecule has 3 atom stereocenters. The van der Waals surface area contributed by atoms with Gasteiger partial charge in [-0.15, -0.1) is 11.3 Å². The van der Waals surface area contributed by atoms with Gasteiger partial charge >= 0.3 is 18.1 Å². The predicted octanol–water partition coefficient (Wildman–Crippen LogP) is 6.43. The largest absolute Gasteiger partial charge is 0.465 e. The maximum atomic E-state index is 14.6. The van der Waals surface area contributed by atoms with Gasteiger partial charge in [-0.25, -0.2) is 9.18 Å². The molecule has 1 aromatic heterocycles. The number of benzene rings is 2. The van der Waals surface area contributed by atoms with E-state index in [0.29, 0.717) is 4.88 Å². The number of carbonyl (C=O) groups excluding carboxylic acids is 3. The molecule has 0 saturated carbocycles. The Morgan fingerprint density at radius 1 is 1.00 bits per heavy atom. The van der Waals surface area contributed by atoms with Crippen LogP contribution >= 0.6 is 11.3 Å². The van der Waals surface area contributed by atoms with E-state index in [9.17, 15) is 31.9 Å². The van der Waals surface area contributed by atoms with Gasteiger partial charge in [-0.3, -0.25) is 14.5 Å². The van der Waals surface area contributed by atoms with Crippen LogP contribution in [0.4, 0.5) is 23.2 Å². The van der Waals surface area contributed by atoms with E-state index in [4.69, 9.17) is 15.2 Å². The van der Waals surface area contributed by atoms with E-state index in [0.717, 1.165) is 23.1 Å². The first-order chi connectivity index (χ1) is 21.0. The Labute approximate surface area is 254 Å². The molecule has 7 nitrogen and oxygen atoms in total. The molecule has 0 bridgehead atoms. The Morgan fingerprint density at radius 2 is 1.68 bits per heavy atom. The van der Waals surface area contributed by atoms with Crippen molar-refractivity contribution in [2.24, 2.45) is 11.7 Å². The molecular weight excluding hydrogens is 600 g/mol. The van der Waals surface area contributed by atoms with Crippen LogP contribution in [0.2, 0.25) is 0 Å². The van der Waals surface area contributed by atoms with Crippen LogP contribution in [0.5, 0.6) is 0 Å². The van der Waals surface area contributed by atoms with E-state index in [1.807, 2.05) is 0 Å². The van der Waals surface area contributed by atoms with E-state index < -0.39 is 58.7 Å². The van der Waals surface area contributed by atoms with Gasteiger partial charge in [0.15, 0.2) is 5.78 Å². The predicted molar refractivity (Wildman–Crippen MR) is 155 cm³/mol. The summed E-state index contributed by atoms with van der Waals surface area (Å²) in [5.41, 5.74) is 5.12. The van der Waals surface area contributed by atoms with Gasteiger partial charge in [0.25, 0.3) is 0 Å². The summed E-state index contributed by atoms with van der Waals surface area (Å²) in [5, 5.41) is 1.76. The molecular formula is C32H28F4N2O5S. The van der Waals surface area contributed by atoms with Gasteiger partial charge < -0.3 is 15.2 Å². The summed E-state index contributed by atoms with van der Waals surface area (Å²) in [7, 11) is 0. The standard InChI is InChI=1S/C32H28F4N2O5S/c1-3-42-30(40)25-19(23-10-7-15-44-23)16-22-26(28(25)39)24(17-11-13-18(33)14-12-17)27(31(41)43-4-2)29(37)38(22)21-9-6-5-8-20(21)32(34,35)36/h5-15,19,24-25H,3-4,16,37H2,1-2H3. The number of hydrogen-bond acceptors (Lipinski definition) is 8. The number of allylic oxidation sites excluding steroid dienone is 2. The van der Waals surface area contributed by atoms with Crippen LogP contribution in [0.25, 0.3) is 0 Å². The van der Waals surface area contributed by atoms with Crippen LogP contribution in [0.3, 0.4) is 0 Å². The Hall–Kier alpha value is -4.45. The van der Waals surface area contributed by atoms with Crippen molar-refractivity contribution in [1.82, 2.24) is 0 Å². The van der Waals surface area contributed by atoms with Crippen molar-refractivity contribution in [1.29, 1.82) is 0 Å². The summed E-state index contributed by atoms with van der Waals surface area (Å²) in [4.78, 5) is 43.3. The number of nitrogens with two attached hydrogens (primary N) is 1. The van der Waals surface area contributed by atoms with Gasteiger partial charge in [0, 0.05) is 22.1 Å². The van der Waals surface area contributed by atoms with E-state index in [1.54, 1.807) is 31.4 Å². The first-order valence-corrected chi connectivity index (χ1v) is 14.7. The number of thiophene rings is 1. The van der Waals surface area contributed by atoms with Gasteiger partial charge in [0.2, 0.25) is 0 Å². The molecule has 1 aliphatic heterocycles. The van der Waals surface area contributed by atoms with Gasteiger partial charge in [0.05, 0.1) is 36.0 Å². The molecule has 2 N–H and O–H groups in total. The number of halogens is 4. The number of esters is 2. The van der Waals surface area contributed by atoms with Crippen molar-refractivity contribution in [3.63, 3.8) is 0 Å². The first-order valence-electron chi connectivity index (χ1n) is 13.8. The molecule has 3 aromatic rings. The lowest BCUT2D eigenvalue weighted by molar-refractivity contribution is -0.152. The van der Waals surface area contributed by atoms with Gasteiger partial charge in [-0.05, 0) is 61.5 Å². The molecule has 0 amide bonds. The van der Waals surface area contributed by atoms with Gasteiger partial charge in [0.1, 0.15) is 17.6 Å². The molecule has 44 heavy (non-hydrogen) atoms. The number of ether oxygens (including phenoxy) is 2. The number of Topliss-reactive ketones (excluding diaryl/α,β-unsaturated/α-hetero) is 1. The second-order valence-corrected chi connectivity index (χ2v) is 11.1. The lowest BCUT2D eigenvalue weighted by atomic mass is 9.68. The highest BCUT2D eigenvalue weighted by Gasteiger charge is 2.52. The summed E-state index contributed by atoms with van der Waals surface area (Å²) in [6, 6.07) is 13.1. The highest BCUT2D eigenvalue weighted by atomic mass is 32.1. The molecule has 0 saturated heterocycles. The van der Waals surface area contributed by atoms with Crippen LogP contribution in [0.15, 0.2) is 88.7 Å². The number of carbonyl (C=O) groups is 3. The molecule has 2 heterocycles. The Kier molecular flexibility index (Phi) is 8.64. The SMILES string of the molecule is CCOC(=O)C1=C(N)N(c2ccccc2C(F)(F)F)C2=C(C(=O)C(C(=O)OCC)C(c3cccs3)C2)C1c1ccc(F)cc1. The minimum atomic E-state index is -4.82. The number of rotatable bonds is 7. The fourth-order valence-corrected chi connectivity index (χ4v) is 6.75. The maximum Gasteiger partial charge on any atom is 0.418 e. The number of anilines is 1. The topological polar surface area (TPSA) is 98.9 Å². The minimum Gasteiger partial charge on any atom is -0.465 e. The Morgan fingerprint density at radius 3 is 2.30 bits per heavy atom.